The van der Waals surface area contributed by atoms with Crippen LogP contribution < -0.4 is 4.90 Å². The van der Waals surface area contributed by atoms with Crippen molar-refractivity contribution in [3.63, 3.8) is 0 Å². The van der Waals surface area contributed by atoms with E-state index in [0.717, 1.165) is 72.1 Å². The Balaban J connectivity index is 0.000000723. The third-order valence-electron chi connectivity index (χ3n) is 6.62. The van der Waals surface area contributed by atoms with Gasteiger partial charge in [0.15, 0.2) is 11.6 Å². The van der Waals surface area contributed by atoms with E-state index in [-0.39, 0.29) is 0 Å². The van der Waals surface area contributed by atoms with Crippen LogP contribution in [-0.4, -0.2) is 108 Å². The summed E-state index contributed by atoms with van der Waals surface area (Å²) in [6, 6.07) is 8.19. The second-order valence-electron chi connectivity index (χ2n) is 9.49. The van der Waals surface area contributed by atoms with Gasteiger partial charge >= 0.3 is 0 Å². The Labute approximate surface area is 230 Å². The lowest BCUT2D eigenvalue weighted by Gasteiger charge is -2.32. The molecule has 0 amide bonds. The van der Waals surface area contributed by atoms with Crippen LogP contribution in [0.3, 0.4) is 0 Å². The molecular formula is C25H31N7O5S2. The van der Waals surface area contributed by atoms with Crippen LogP contribution in [0.5, 0.6) is 0 Å². The minimum atomic E-state index is -3.13. The number of rotatable bonds is 5. The smallest absolute Gasteiger partial charge is 0.300 e. The first kappa shape index (κ1) is 27.4. The highest BCUT2D eigenvalue weighted by molar-refractivity contribution is 7.88. The van der Waals surface area contributed by atoms with Gasteiger partial charge in [0.2, 0.25) is 10.0 Å². The number of anilines is 1. The van der Waals surface area contributed by atoms with Gasteiger partial charge in [0, 0.05) is 68.6 Å². The van der Waals surface area contributed by atoms with E-state index in [1.165, 1.54) is 11.1 Å². The van der Waals surface area contributed by atoms with Crippen LogP contribution in [0.4, 0.5) is 5.82 Å². The Morgan fingerprint density at radius 3 is 2.54 bits per heavy atom. The van der Waals surface area contributed by atoms with E-state index in [0.29, 0.717) is 32.1 Å². The standard InChI is InChI=1S/C23H27N7O3S2.C2H4O2/c1-35(31,32)30-7-5-28(6-8-30)15-16-13-20-21(34-16)23(29-9-11-33-12-10-29)26-22(25-20)17-3-2-4-19-18(17)14-24-27-19;1-2(3)4/h2-4,13-14H,5-12,15H2,1H3,(H,24,27);1H3,(H,3,4). The van der Waals surface area contributed by atoms with Crippen LogP contribution in [-0.2, 0) is 26.1 Å². The second kappa shape index (κ2) is 11.5. The first-order valence-corrected chi connectivity index (χ1v) is 15.3. The molecule has 0 radical (unpaired) electrons. The van der Waals surface area contributed by atoms with Gasteiger partial charge in [-0.3, -0.25) is 14.8 Å². The van der Waals surface area contributed by atoms with E-state index in [1.807, 2.05) is 24.4 Å². The van der Waals surface area contributed by atoms with Crippen LogP contribution in [0, 0.1) is 0 Å². The van der Waals surface area contributed by atoms with Gasteiger partial charge in [0.05, 0.1) is 41.4 Å². The summed E-state index contributed by atoms with van der Waals surface area (Å²) in [7, 11) is -3.13. The van der Waals surface area contributed by atoms with E-state index in [4.69, 9.17) is 24.6 Å². The summed E-state index contributed by atoms with van der Waals surface area (Å²) in [6.07, 6.45) is 3.10. The molecule has 0 atom stereocenters. The molecule has 39 heavy (non-hydrogen) atoms. The molecule has 0 unspecified atom stereocenters. The minimum absolute atomic E-state index is 0.529. The Morgan fingerprint density at radius 1 is 1.13 bits per heavy atom. The number of aromatic amines is 1. The minimum Gasteiger partial charge on any atom is -0.481 e. The number of nitrogens with one attached hydrogen (secondary N) is 1. The second-order valence-corrected chi connectivity index (χ2v) is 12.6. The highest BCUT2D eigenvalue weighted by Crippen LogP contribution is 2.36. The summed E-state index contributed by atoms with van der Waals surface area (Å²) in [5, 5.41) is 15.6. The first-order valence-electron chi connectivity index (χ1n) is 12.6. The molecule has 0 aliphatic carbocycles. The number of hydrogen-bond acceptors (Lipinski definition) is 10. The summed E-state index contributed by atoms with van der Waals surface area (Å²) >= 11 is 1.73. The van der Waals surface area contributed by atoms with Crippen LogP contribution in [0.25, 0.3) is 32.5 Å². The molecule has 1 aromatic carbocycles. The lowest BCUT2D eigenvalue weighted by Crippen LogP contribution is -2.47. The van der Waals surface area contributed by atoms with Gasteiger partial charge in [-0.05, 0) is 12.1 Å². The third-order valence-corrected chi connectivity index (χ3v) is 9.03. The number of aromatic nitrogens is 4. The van der Waals surface area contributed by atoms with Crippen LogP contribution in [0.2, 0.25) is 0 Å². The molecule has 5 heterocycles. The summed E-state index contributed by atoms with van der Waals surface area (Å²) < 4.78 is 31.9. The lowest BCUT2D eigenvalue weighted by molar-refractivity contribution is -0.134. The molecular weight excluding hydrogens is 542 g/mol. The highest BCUT2D eigenvalue weighted by Gasteiger charge is 2.25. The largest absolute Gasteiger partial charge is 0.481 e. The van der Waals surface area contributed by atoms with E-state index in [2.05, 4.69) is 26.1 Å². The highest BCUT2D eigenvalue weighted by atomic mass is 32.2. The molecule has 2 saturated heterocycles. The fourth-order valence-corrected chi connectivity index (χ4v) is 6.74. The molecule has 0 spiro atoms. The number of carbonyl (C=O) groups is 1. The maximum Gasteiger partial charge on any atom is 0.300 e. The molecule has 2 aliphatic rings. The van der Waals surface area contributed by atoms with Crippen LogP contribution >= 0.6 is 11.3 Å². The number of fused-ring (bicyclic) bond motifs is 2. The average Bonchev–Trinajstić information content (AvgIpc) is 3.54. The number of carboxylic acids is 1. The number of hydrogen-bond donors (Lipinski definition) is 2. The lowest BCUT2D eigenvalue weighted by atomic mass is 10.1. The summed E-state index contributed by atoms with van der Waals surface area (Å²) in [6.45, 7) is 7.30. The summed E-state index contributed by atoms with van der Waals surface area (Å²) in [5.41, 5.74) is 2.85. The molecule has 0 bridgehead atoms. The van der Waals surface area contributed by atoms with Crippen molar-refractivity contribution in [1.29, 1.82) is 0 Å². The Kier molecular flexibility index (Phi) is 8.09. The molecule has 2 N–H and O–H groups in total. The third kappa shape index (κ3) is 6.36. The maximum atomic E-state index is 11.8. The van der Waals surface area contributed by atoms with E-state index < -0.39 is 16.0 Å². The number of piperazine rings is 1. The van der Waals surface area contributed by atoms with E-state index in [9.17, 15) is 8.42 Å². The molecule has 208 valence electrons. The molecule has 14 heteroatoms. The molecule has 3 aromatic heterocycles. The van der Waals surface area contributed by atoms with Gasteiger partial charge in [0.1, 0.15) is 0 Å². The number of benzene rings is 1. The number of ether oxygens (including phenoxy) is 1. The fourth-order valence-electron chi connectivity index (χ4n) is 4.75. The first-order chi connectivity index (χ1) is 18.7. The average molecular weight is 574 g/mol. The molecule has 4 aromatic rings. The Bertz CT molecular complexity index is 1570. The van der Waals surface area contributed by atoms with Crippen molar-refractivity contribution >= 4 is 54.3 Å². The molecule has 2 fully saturated rings. The van der Waals surface area contributed by atoms with Crippen molar-refractivity contribution < 1.29 is 23.1 Å². The van der Waals surface area contributed by atoms with Gasteiger partial charge in [-0.1, -0.05) is 12.1 Å². The zero-order valence-corrected chi connectivity index (χ0v) is 23.5. The van der Waals surface area contributed by atoms with Crippen LogP contribution in [0.1, 0.15) is 11.8 Å². The van der Waals surface area contributed by atoms with Crippen LogP contribution in [0.15, 0.2) is 30.5 Å². The zero-order chi connectivity index (χ0) is 27.6. The van der Waals surface area contributed by atoms with Gasteiger partial charge in [-0.25, -0.2) is 18.4 Å². The molecule has 0 saturated carbocycles. The monoisotopic (exact) mass is 573 g/mol. The predicted molar refractivity (Wildman–Crippen MR) is 151 cm³/mol. The summed E-state index contributed by atoms with van der Waals surface area (Å²) in [5.74, 6) is 0.809. The number of morpholine rings is 1. The van der Waals surface area contributed by atoms with E-state index >= 15 is 0 Å². The SMILES string of the molecule is CC(=O)O.CS(=O)(=O)N1CCN(Cc2cc3nc(-c4cccc5[nH]ncc45)nc(N4CCOCC4)c3s2)CC1. The van der Waals surface area contributed by atoms with Crippen molar-refractivity contribution in [2.45, 2.75) is 13.5 Å². The topological polar surface area (TPSA) is 145 Å². The fraction of sp³-hybridized carbons (Fsp3) is 0.440. The summed E-state index contributed by atoms with van der Waals surface area (Å²) in [4.78, 5) is 24.8. The number of H-pyrrole nitrogens is 1. The van der Waals surface area contributed by atoms with Crippen molar-refractivity contribution in [1.82, 2.24) is 29.4 Å². The Hall–Kier alpha value is -3.17. The number of thiophene rings is 1. The predicted octanol–water partition coefficient (Wildman–Crippen LogP) is 2.24. The normalized spacial score (nSPS) is 17.3. The zero-order valence-electron chi connectivity index (χ0n) is 21.8. The number of sulfonamides is 1. The maximum absolute atomic E-state index is 11.8. The van der Waals surface area contributed by atoms with Crippen molar-refractivity contribution in [3.8, 4) is 11.4 Å². The number of aliphatic carboxylic acids is 1. The van der Waals surface area contributed by atoms with Crippen molar-refractivity contribution in [3.05, 3.63) is 35.3 Å². The van der Waals surface area contributed by atoms with Gasteiger partial charge in [-0.2, -0.15) is 9.40 Å². The number of nitrogens with zero attached hydrogens (tertiary/aromatic N) is 6. The van der Waals surface area contributed by atoms with E-state index in [1.54, 1.807) is 15.6 Å². The van der Waals surface area contributed by atoms with Crippen molar-refractivity contribution in [2.24, 2.45) is 0 Å². The van der Waals surface area contributed by atoms with Gasteiger partial charge in [0.25, 0.3) is 5.97 Å². The number of carboxylic acid groups (broad SMARTS) is 1. The van der Waals surface area contributed by atoms with Gasteiger partial charge < -0.3 is 14.7 Å². The molecule has 6 rings (SSSR count). The quantitative estimate of drug-likeness (QED) is 0.365. The molecule has 12 nitrogen and oxygen atoms in total. The van der Waals surface area contributed by atoms with Gasteiger partial charge in [-0.15, -0.1) is 11.3 Å². The van der Waals surface area contributed by atoms with Crippen molar-refractivity contribution in [2.75, 3.05) is 63.6 Å². The molecule has 2 aliphatic heterocycles. The Morgan fingerprint density at radius 2 is 1.85 bits per heavy atom.